The number of benzene rings is 1. The second kappa shape index (κ2) is 6.23. The number of carbonyl (C=O) groups excluding carboxylic acids is 1. The van der Waals surface area contributed by atoms with E-state index in [0.717, 1.165) is 29.9 Å². The molecular formula is C17H24O2. The van der Waals surface area contributed by atoms with E-state index in [1.807, 2.05) is 25.1 Å². The summed E-state index contributed by atoms with van der Waals surface area (Å²) in [7, 11) is 1.64. The van der Waals surface area contributed by atoms with Gasteiger partial charge in [0.05, 0.1) is 12.7 Å². The van der Waals surface area contributed by atoms with Crippen LogP contribution in [0.3, 0.4) is 0 Å². The van der Waals surface area contributed by atoms with Gasteiger partial charge in [0.2, 0.25) is 0 Å². The van der Waals surface area contributed by atoms with Crippen LogP contribution in [0, 0.1) is 18.8 Å². The Hall–Kier alpha value is -1.31. The van der Waals surface area contributed by atoms with Gasteiger partial charge in [0, 0.05) is 5.92 Å². The summed E-state index contributed by atoms with van der Waals surface area (Å²) in [6, 6.07) is 5.87. The summed E-state index contributed by atoms with van der Waals surface area (Å²) >= 11 is 0. The molecule has 1 saturated carbocycles. The highest BCUT2D eigenvalue weighted by molar-refractivity contribution is 6.00. The Bertz CT molecular complexity index is 451. The van der Waals surface area contributed by atoms with E-state index in [0.29, 0.717) is 5.75 Å². The lowest BCUT2D eigenvalue weighted by Gasteiger charge is -2.27. The zero-order valence-electron chi connectivity index (χ0n) is 12.2. The number of hydrogen-bond acceptors (Lipinski definition) is 2. The Morgan fingerprint density at radius 1 is 1.37 bits per heavy atom. The molecule has 2 heteroatoms. The quantitative estimate of drug-likeness (QED) is 0.750. The first kappa shape index (κ1) is 14.1. The van der Waals surface area contributed by atoms with Crippen molar-refractivity contribution < 1.29 is 9.53 Å². The molecule has 19 heavy (non-hydrogen) atoms. The molecule has 0 heterocycles. The van der Waals surface area contributed by atoms with Crippen molar-refractivity contribution in [3.8, 4) is 5.75 Å². The fourth-order valence-corrected chi connectivity index (χ4v) is 3.13. The minimum absolute atomic E-state index is 0.189. The van der Waals surface area contributed by atoms with E-state index < -0.39 is 0 Å². The summed E-state index contributed by atoms with van der Waals surface area (Å²) in [6.07, 6.45) is 5.74. The number of rotatable bonds is 4. The van der Waals surface area contributed by atoms with Gasteiger partial charge in [-0.15, -0.1) is 0 Å². The van der Waals surface area contributed by atoms with Gasteiger partial charge in [-0.05, 0) is 37.8 Å². The molecule has 0 aromatic heterocycles. The van der Waals surface area contributed by atoms with Crippen LogP contribution in [0.2, 0.25) is 0 Å². The van der Waals surface area contributed by atoms with Crippen molar-refractivity contribution in [3.63, 3.8) is 0 Å². The van der Waals surface area contributed by atoms with Gasteiger partial charge in [-0.1, -0.05) is 37.8 Å². The van der Waals surface area contributed by atoms with Crippen molar-refractivity contribution in [3.05, 3.63) is 29.3 Å². The highest BCUT2D eigenvalue weighted by atomic mass is 16.5. The molecule has 104 valence electrons. The van der Waals surface area contributed by atoms with Crippen molar-refractivity contribution in [1.29, 1.82) is 0 Å². The number of hydrogen-bond donors (Lipinski definition) is 0. The molecule has 2 unspecified atom stereocenters. The van der Waals surface area contributed by atoms with Gasteiger partial charge in [0.1, 0.15) is 5.75 Å². The molecule has 0 bridgehead atoms. The first-order valence-electron chi connectivity index (χ1n) is 7.34. The normalized spacial score (nSPS) is 23.1. The Kier molecular flexibility index (Phi) is 4.62. The summed E-state index contributed by atoms with van der Waals surface area (Å²) < 4.78 is 5.34. The molecule has 0 spiro atoms. The van der Waals surface area contributed by atoms with E-state index in [1.54, 1.807) is 7.11 Å². The van der Waals surface area contributed by atoms with Gasteiger partial charge in [-0.3, -0.25) is 4.79 Å². The van der Waals surface area contributed by atoms with Crippen molar-refractivity contribution in [2.45, 2.75) is 46.0 Å². The first-order valence-corrected chi connectivity index (χ1v) is 7.34. The molecule has 0 aliphatic heterocycles. The predicted molar refractivity (Wildman–Crippen MR) is 77.8 cm³/mol. The third-order valence-corrected chi connectivity index (χ3v) is 4.35. The molecule has 1 aromatic rings. The van der Waals surface area contributed by atoms with Crippen molar-refractivity contribution in [2.24, 2.45) is 11.8 Å². The number of methoxy groups -OCH3 is 1. The molecular weight excluding hydrogens is 236 g/mol. The van der Waals surface area contributed by atoms with Gasteiger partial charge in [0.15, 0.2) is 5.78 Å². The Balaban J connectivity index is 2.21. The van der Waals surface area contributed by atoms with Crippen LogP contribution in [0.1, 0.15) is 54.9 Å². The average molecular weight is 260 g/mol. The van der Waals surface area contributed by atoms with Gasteiger partial charge < -0.3 is 4.74 Å². The average Bonchev–Trinajstić information content (AvgIpc) is 2.46. The lowest BCUT2D eigenvalue weighted by atomic mass is 9.77. The van der Waals surface area contributed by atoms with Crippen LogP contribution in [0.15, 0.2) is 18.2 Å². The number of ether oxygens (including phenoxy) is 1. The summed E-state index contributed by atoms with van der Waals surface area (Å²) in [5, 5.41) is 0. The SMILES string of the molecule is CCC1CCCC(C(=O)c2cc(C)ccc2OC)C1. The summed E-state index contributed by atoms with van der Waals surface area (Å²) in [6.45, 7) is 4.25. The number of Topliss-reactive ketones (excluding diaryl/α,β-unsaturated/α-hetero) is 1. The highest BCUT2D eigenvalue weighted by Crippen LogP contribution is 2.34. The largest absolute Gasteiger partial charge is 0.496 e. The molecule has 2 rings (SSSR count). The molecule has 0 saturated heterocycles. The molecule has 1 aliphatic rings. The summed E-state index contributed by atoms with van der Waals surface area (Å²) in [5.41, 5.74) is 1.89. The fraction of sp³-hybridized carbons (Fsp3) is 0.588. The van der Waals surface area contributed by atoms with Gasteiger partial charge in [-0.25, -0.2) is 0 Å². The van der Waals surface area contributed by atoms with Crippen LogP contribution < -0.4 is 4.74 Å². The van der Waals surface area contributed by atoms with E-state index in [2.05, 4.69) is 6.92 Å². The highest BCUT2D eigenvalue weighted by Gasteiger charge is 2.28. The number of aryl methyl sites for hydroxylation is 1. The first-order chi connectivity index (χ1) is 9.15. The standard InChI is InChI=1S/C17H24O2/c1-4-13-6-5-7-14(11-13)17(18)15-10-12(2)8-9-16(15)19-3/h8-10,13-14H,4-7,11H2,1-3H3. The Labute approximate surface area is 116 Å². The van der Waals surface area contributed by atoms with Crippen molar-refractivity contribution >= 4 is 5.78 Å². The molecule has 2 nitrogen and oxygen atoms in total. The maximum absolute atomic E-state index is 12.7. The van der Waals surface area contributed by atoms with Gasteiger partial charge in [-0.2, -0.15) is 0 Å². The molecule has 0 radical (unpaired) electrons. The van der Waals surface area contributed by atoms with E-state index >= 15 is 0 Å². The number of ketones is 1. The van der Waals surface area contributed by atoms with E-state index in [-0.39, 0.29) is 11.7 Å². The van der Waals surface area contributed by atoms with E-state index in [9.17, 15) is 4.79 Å². The smallest absolute Gasteiger partial charge is 0.169 e. The molecule has 1 aliphatic carbocycles. The Morgan fingerprint density at radius 3 is 2.84 bits per heavy atom. The molecule has 2 atom stereocenters. The van der Waals surface area contributed by atoms with E-state index in [4.69, 9.17) is 4.74 Å². The van der Waals surface area contributed by atoms with Crippen LogP contribution in [0.25, 0.3) is 0 Å². The minimum atomic E-state index is 0.189. The molecule has 0 amide bonds. The maximum Gasteiger partial charge on any atom is 0.169 e. The fourth-order valence-electron chi connectivity index (χ4n) is 3.13. The van der Waals surface area contributed by atoms with Crippen LogP contribution in [-0.2, 0) is 0 Å². The topological polar surface area (TPSA) is 26.3 Å². The molecule has 0 N–H and O–H groups in total. The van der Waals surface area contributed by atoms with Crippen LogP contribution >= 0.6 is 0 Å². The zero-order chi connectivity index (χ0) is 13.8. The summed E-state index contributed by atoms with van der Waals surface area (Å²) in [4.78, 5) is 12.7. The monoisotopic (exact) mass is 260 g/mol. The molecule has 1 aromatic carbocycles. The van der Waals surface area contributed by atoms with Crippen LogP contribution in [0.4, 0.5) is 0 Å². The minimum Gasteiger partial charge on any atom is -0.496 e. The zero-order valence-corrected chi connectivity index (χ0v) is 12.2. The second-order valence-electron chi connectivity index (χ2n) is 5.71. The third kappa shape index (κ3) is 3.17. The lowest BCUT2D eigenvalue weighted by molar-refractivity contribution is 0.0859. The van der Waals surface area contributed by atoms with Crippen molar-refractivity contribution in [1.82, 2.24) is 0 Å². The summed E-state index contributed by atoms with van der Waals surface area (Å²) in [5.74, 6) is 1.90. The van der Waals surface area contributed by atoms with Crippen LogP contribution in [-0.4, -0.2) is 12.9 Å². The maximum atomic E-state index is 12.7. The lowest BCUT2D eigenvalue weighted by Crippen LogP contribution is -2.23. The van der Waals surface area contributed by atoms with E-state index in [1.165, 1.54) is 19.3 Å². The van der Waals surface area contributed by atoms with Gasteiger partial charge >= 0.3 is 0 Å². The van der Waals surface area contributed by atoms with Gasteiger partial charge in [0.25, 0.3) is 0 Å². The number of carbonyl (C=O) groups is 1. The van der Waals surface area contributed by atoms with Crippen LogP contribution in [0.5, 0.6) is 5.75 Å². The second-order valence-corrected chi connectivity index (χ2v) is 5.71. The van der Waals surface area contributed by atoms with Crippen molar-refractivity contribution in [2.75, 3.05) is 7.11 Å². The molecule has 1 fully saturated rings. The Morgan fingerprint density at radius 2 is 2.16 bits per heavy atom. The predicted octanol–water partition coefficient (Wildman–Crippen LogP) is 4.40. The third-order valence-electron chi connectivity index (χ3n) is 4.35.